The van der Waals surface area contributed by atoms with Gasteiger partial charge in [-0.05, 0) is 22.7 Å². The van der Waals surface area contributed by atoms with Crippen molar-refractivity contribution in [1.82, 2.24) is 14.9 Å². The summed E-state index contributed by atoms with van der Waals surface area (Å²) < 4.78 is 6.72. The van der Waals surface area contributed by atoms with Crippen LogP contribution in [0, 0.1) is 10.1 Å². The summed E-state index contributed by atoms with van der Waals surface area (Å²) >= 11 is 0. The van der Waals surface area contributed by atoms with E-state index in [1.165, 1.54) is 17.1 Å². The van der Waals surface area contributed by atoms with Gasteiger partial charge in [0.25, 0.3) is 0 Å². The number of hydrogen-bond acceptors (Lipinski definition) is 6. The first kappa shape index (κ1) is 15.4. The molecule has 0 unspecified atom stereocenters. The molecule has 0 radical (unpaired) electrons. The SMILES string of the molecule is O=C(CCn1cnc([N+](=O)[O-])c1)NC1(CO)CCOCC1. The van der Waals surface area contributed by atoms with E-state index in [0.717, 1.165) is 0 Å². The number of ether oxygens (including phenoxy) is 1. The molecule has 21 heavy (non-hydrogen) atoms. The first-order chi connectivity index (χ1) is 10.0. The van der Waals surface area contributed by atoms with Gasteiger partial charge in [-0.15, -0.1) is 0 Å². The fourth-order valence-corrected chi connectivity index (χ4v) is 2.24. The van der Waals surface area contributed by atoms with Crippen LogP contribution in [0.15, 0.2) is 12.5 Å². The number of carbonyl (C=O) groups excluding carboxylic acids is 1. The number of aryl methyl sites for hydroxylation is 1. The fourth-order valence-electron chi connectivity index (χ4n) is 2.24. The van der Waals surface area contributed by atoms with Crippen molar-refractivity contribution in [3.8, 4) is 0 Å². The number of aliphatic hydroxyl groups excluding tert-OH is 1. The third kappa shape index (κ3) is 3.99. The van der Waals surface area contributed by atoms with Gasteiger partial charge in [0.1, 0.15) is 6.20 Å². The van der Waals surface area contributed by atoms with Gasteiger partial charge in [-0.3, -0.25) is 4.79 Å². The zero-order valence-electron chi connectivity index (χ0n) is 11.5. The van der Waals surface area contributed by atoms with Crippen molar-refractivity contribution in [3.05, 3.63) is 22.6 Å². The molecule has 1 amide bonds. The molecule has 9 heteroatoms. The van der Waals surface area contributed by atoms with Gasteiger partial charge in [-0.2, -0.15) is 0 Å². The van der Waals surface area contributed by atoms with Crippen LogP contribution in [-0.4, -0.2) is 50.8 Å². The molecule has 9 nitrogen and oxygen atoms in total. The van der Waals surface area contributed by atoms with Crippen LogP contribution in [0.4, 0.5) is 5.82 Å². The Morgan fingerprint density at radius 3 is 2.86 bits per heavy atom. The van der Waals surface area contributed by atoms with Crippen molar-refractivity contribution in [2.45, 2.75) is 31.3 Å². The number of hydrogen-bond donors (Lipinski definition) is 2. The summed E-state index contributed by atoms with van der Waals surface area (Å²) in [7, 11) is 0. The molecule has 2 rings (SSSR count). The number of rotatable bonds is 6. The highest BCUT2D eigenvalue weighted by atomic mass is 16.6. The van der Waals surface area contributed by atoms with Gasteiger partial charge in [-0.25, -0.2) is 0 Å². The number of nitrogens with zero attached hydrogens (tertiary/aromatic N) is 3. The number of nitro groups is 1. The van der Waals surface area contributed by atoms with Crippen molar-refractivity contribution >= 4 is 11.7 Å². The highest BCUT2D eigenvalue weighted by molar-refractivity contribution is 5.76. The number of imidazole rings is 1. The molecule has 2 N–H and O–H groups in total. The van der Waals surface area contributed by atoms with Crippen LogP contribution in [0.25, 0.3) is 0 Å². The van der Waals surface area contributed by atoms with E-state index in [-0.39, 0.29) is 24.8 Å². The lowest BCUT2D eigenvalue weighted by atomic mass is 9.91. The minimum absolute atomic E-state index is 0.126. The van der Waals surface area contributed by atoms with Crippen LogP contribution in [0.5, 0.6) is 0 Å². The van der Waals surface area contributed by atoms with E-state index in [0.29, 0.717) is 32.6 Å². The summed E-state index contributed by atoms with van der Waals surface area (Å²) in [6, 6.07) is 0. The average molecular weight is 298 g/mol. The summed E-state index contributed by atoms with van der Waals surface area (Å²) in [6.45, 7) is 1.19. The zero-order chi connectivity index (χ0) is 15.3. The van der Waals surface area contributed by atoms with Gasteiger partial charge in [-0.1, -0.05) is 0 Å². The van der Waals surface area contributed by atoms with Crippen LogP contribution in [0.3, 0.4) is 0 Å². The number of aliphatic hydroxyl groups is 1. The minimum atomic E-state index is -0.615. The normalized spacial score (nSPS) is 17.4. The van der Waals surface area contributed by atoms with Crippen molar-refractivity contribution in [2.75, 3.05) is 19.8 Å². The maximum Gasteiger partial charge on any atom is 0.381 e. The van der Waals surface area contributed by atoms with Crippen molar-refractivity contribution in [1.29, 1.82) is 0 Å². The third-order valence-electron chi connectivity index (χ3n) is 3.56. The minimum Gasteiger partial charge on any atom is -0.394 e. The second-order valence-electron chi connectivity index (χ2n) is 5.08. The molecule has 1 saturated heterocycles. The molecular formula is C12H18N4O5. The van der Waals surface area contributed by atoms with Crippen molar-refractivity contribution in [2.24, 2.45) is 0 Å². The lowest BCUT2D eigenvalue weighted by molar-refractivity contribution is -0.389. The zero-order valence-corrected chi connectivity index (χ0v) is 11.5. The smallest absolute Gasteiger partial charge is 0.381 e. The highest BCUT2D eigenvalue weighted by Gasteiger charge is 2.33. The predicted molar refractivity (Wildman–Crippen MR) is 71.5 cm³/mol. The molecule has 1 aliphatic heterocycles. The van der Waals surface area contributed by atoms with E-state index in [9.17, 15) is 20.0 Å². The Kier molecular flexibility index (Phi) is 4.86. The summed E-state index contributed by atoms with van der Waals surface area (Å²) in [5, 5.41) is 22.8. The van der Waals surface area contributed by atoms with Gasteiger partial charge in [0.2, 0.25) is 12.2 Å². The summed E-state index contributed by atoms with van der Waals surface area (Å²) in [4.78, 5) is 25.5. The first-order valence-corrected chi connectivity index (χ1v) is 6.70. The Morgan fingerprint density at radius 2 is 2.29 bits per heavy atom. The lowest BCUT2D eigenvalue weighted by Crippen LogP contribution is -2.54. The van der Waals surface area contributed by atoms with Gasteiger partial charge in [0.15, 0.2) is 0 Å². The monoisotopic (exact) mass is 298 g/mol. The molecule has 1 aliphatic rings. The molecule has 0 aromatic carbocycles. The van der Waals surface area contributed by atoms with Crippen LogP contribution in [-0.2, 0) is 16.1 Å². The highest BCUT2D eigenvalue weighted by Crippen LogP contribution is 2.20. The number of carbonyl (C=O) groups is 1. The maximum absolute atomic E-state index is 12.0. The lowest BCUT2D eigenvalue weighted by Gasteiger charge is -2.36. The largest absolute Gasteiger partial charge is 0.394 e. The third-order valence-corrected chi connectivity index (χ3v) is 3.56. The van der Waals surface area contributed by atoms with Crippen LogP contribution >= 0.6 is 0 Å². The van der Waals surface area contributed by atoms with E-state index in [1.54, 1.807) is 0 Å². The Bertz CT molecular complexity index is 510. The molecule has 1 aromatic heterocycles. The molecule has 0 spiro atoms. The molecular weight excluding hydrogens is 280 g/mol. The average Bonchev–Trinajstić information content (AvgIpc) is 2.95. The molecule has 0 saturated carbocycles. The molecule has 116 valence electrons. The molecule has 1 fully saturated rings. The molecule has 0 aliphatic carbocycles. The molecule has 1 aromatic rings. The van der Waals surface area contributed by atoms with Crippen LogP contribution in [0.2, 0.25) is 0 Å². The molecule has 0 bridgehead atoms. The number of amides is 1. The van der Waals surface area contributed by atoms with Crippen LogP contribution in [0.1, 0.15) is 19.3 Å². The Hall–Kier alpha value is -2.00. The fraction of sp³-hybridized carbons (Fsp3) is 0.667. The van der Waals surface area contributed by atoms with E-state index in [1.807, 2.05) is 0 Å². The van der Waals surface area contributed by atoms with Crippen LogP contribution < -0.4 is 5.32 Å². The summed E-state index contributed by atoms with van der Waals surface area (Å²) in [6.07, 6.45) is 3.92. The van der Waals surface area contributed by atoms with Crippen molar-refractivity contribution in [3.63, 3.8) is 0 Å². The summed E-state index contributed by atoms with van der Waals surface area (Å²) in [5.74, 6) is -0.450. The number of nitrogens with one attached hydrogen (secondary N) is 1. The number of aromatic nitrogens is 2. The van der Waals surface area contributed by atoms with E-state index < -0.39 is 10.5 Å². The predicted octanol–water partition coefficient (Wildman–Crippen LogP) is -0.161. The summed E-state index contributed by atoms with van der Waals surface area (Å²) in [5.41, 5.74) is -0.615. The van der Waals surface area contributed by atoms with Gasteiger partial charge in [0, 0.05) is 26.2 Å². The molecule has 2 heterocycles. The van der Waals surface area contributed by atoms with Gasteiger partial charge < -0.3 is 29.8 Å². The van der Waals surface area contributed by atoms with Gasteiger partial charge >= 0.3 is 5.82 Å². The standard InChI is InChI=1S/C12H18N4O5/c17-8-12(2-5-21-6-3-12)14-11(18)1-4-15-7-10(13-9-15)16(19)20/h7,9,17H,1-6,8H2,(H,14,18). The topological polar surface area (TPSA) is 120 Å². The van der Waals surface area contributed by atoms with E-state index in [4.69, 9.17) is 4.74 Å². The van der Waals surface area contributed by atoms with Gasteiger partial charge in [0.05, 0.1) is 12.1 Å². The maximum atomic E-state index is 12.0. The quantitative estimate of drug-likeness (QED) is 0.556. The van der Waals surface area contributed by atoms with E-state index in [2.05, 4.69) is 10.3 Å². The van der Waals surface area contributed by atoms with Crippen molar-refractivity contribution < 1.29 is 19.6 Å². The molecule has 0 atom stereocenters. The first-order valence-electron chi connectivity index (χ1n) is 6.70. The Balaban J connectivity index is 1.84. The van der Waals surface area contributed by atoms with E-state index >= 15 is 0 Å². The Morgan fingerprint density at radius 1 is 1.57 bits per heavy atom. The second-order valence-corrected chi connectivity index (χ2v) is 5.08. The second kappa shape index (κ2) is 6.64. The Labute approximate surface area is 121 Å².